The topological polar surface area (TPSA) is 78.4 Å². The molecule has 2 saturated heterocycles. The van der Waals surface area contributed by atoms with E-state index in [0.29, 0.717) is 30.8 Å². The molecule has 0 bridgehead atoms. The minimum Gasteiger partial charge on any atom is -0.339 e. The molecule has 29 heavy (non-hydrogen) atoms. The van der Waals surface area contributed by atoms with Crippen LogP contribution >= 0.6 is 0 Å². The first-order valence-electron chi connectivity index (χ1n) is 10.1. The van der Waals surface area contributed by atoms with Gasteiger partial charge in [0.25, 0.3) is 5.91 Å². The van der Waals surface area contributed by atoms with Gasteiger partial charge in [-0.15, -0.1) is 0 Å². The fourth-order valence-corrected chi connectivity index (χ4v) is 4.68. The molecule has 2 aliphatic heterocycles. The van der Waals surface area contributed by atoms with Crippen LogP contribution in [0.5, 0.6) is 0 Å². The van der Waals surface area contributed by atoms with E-state index in [1.807, 2.05) is 36.1 Å². The predicted molar refractivity (Wildman–Crippen MR) is 110 cm³/mol. The number of rotatable bonds is 3. The zero-order valence-electron chi connectivity index (χ0n) is 17.0. The second-order valence-corrected chi connectivity index (χ2v) is 8.12. The molecule has 7 heteroatoms. The lowest BCUT2D eigenvalue weighted by molar-refractivity contribution is -0.127. The highest BCUT2D eigenvalue weighted by Crippen LogP contribution is 2.44. The number of carbonyl (C=O) groups excluding carboxylic acids is 2. The molecule has 4 heterocycles. The van der Waals surface area contributed by atoms with Gasteiger partial charge >= 0.3 is 0 Å². The lowest BCUT2D eigenvalue weighted by atomic mass is 9.75. The molecule has 2 fully saturated rings. The summed E-state index contributed by atoms with van der Waals surface area (Å²) in [6.45, 7) is 4.00. The quantitative estimate of drug-likeness (QED) is 0.866. The number of aryl methyl sites for hydroxylation is 1. The number of amides is 2. The summed E-state index contributed by atoms with van der Waals surface area (Å²) in [7, 11) is 2.07. The van der Waals surface area contributed by atoms with E-state index in [1.54, 1.807) is 18.6 Å². The highest BCUT2D eigenvalue weighted by Gasteiger charge is 2.52. The molecule has 2 aliphatic rings. The van der Waals surface area contributed by atoms with E-state index >= 15 is 0 Å². The number of nitrogens with one attached hydrogen (secondary N) is 1. The van der Waals surface area contributed by atoms with E-state index in [9.17, 15) is 9.59 Å². The van der Waals surface area contributed by atoms with Crippen LogP contribution in [0.4, 0.5) is 5.69 Å². The van der Waals surface area contributed by atoms with E-state index in [4.69, 9.17) is 0 Å². The van der Waals surface area contributed by atoms with Gasteiger partial charge in [0, 0.05) is 37.2 Å². The number of nitrogens with zero attached hydrogens (tertiary/aromatic N) is 4. The van der Waals surface area contributed by atoms with Gasteiger partial charge in [0.2, 0.25) is 5.91 Å². The zero-order valence-corrected chi connectivity index (χ0v) is 17.0. The van der Waals surface area contributed by atoms with Gasteiger partial charge < -0.3 is 15.1 Å². The van der Waals surface area contributed by atoms with Crippen LogP contribution in [-0.2, 0) is 4.79 Å². The van der Waals surface area contributed by atoms with Crippen LogP contribution in [0.1, 0.15) is 35.3 Å². The monoisotopic (exact) mass is 393 g/mol. The molecule has 2 aromatic rings. The molecule has 152 valence electrons. The second-order valence-electron chi connectivity index (χ2n) is 8.12. The van der Waals surface area contributed by atoms with Crippen LogP contribution in [0, 0.1) is 12.3 Å². The maximum atomic E-state index is 13.4. The van der Waals surface area contributed by atoms with Crippen molar-refractivity contribution < 1.29 is 9.59 Å². The minimum absolute atomic E-state index is 0.0112. The molecule has 1 N–H and O–H groups in total. The summed E-state index contributed by atoms with van der Waals surface area (Å²) in [4.78, 5) is 38.9. The van der Waals surface area contributed by atoms with E-state index in [2.05, 4.69) is 27.2 Å². The maximum Gasteiger partial charge on any atom is 0.255 e. The Kier molecular flexibility index (Phi) is 5.32. The predicted octanol–water partition coefficient (Wildman–Crippen LogP) is 2.35. The Bertz CT molecular complexity index is 886. The molecule has 0 saturated carbocycles. The Labute approximate surface area is 171 Å². The molecule has 4 rings (SSSR count). The van der Waals surface area contributed by atoms with Crippen LogP contribution in [0.3, 0.4) is 0 Å². The van der Waals surface area contributed by atoms with Crippen molar-refractivity contribution in [2.45, 2.75) is 32.2 Å². The van der Waals surface area contributed by atoms with Crippen LogP contribution in [0.2, 0.25) is 0 Å². The fourth-order valence-electron chi connectivity index (χ4n) is 4.68. The van der Waals surface area contributed by atoms with E-state index in [1.165, 1.54) is 0 Å². The molecule has 2 aromatic heterocycles. The van der Waals surface area contributed by atoms with Crippen molar-refractivity contribution >= 4 is 17.5 Å². The summed E-state index contributed by atoms with van der Waals surface area (Å²) >= 11 is 0. The standard InChI is InChI=1S/C22H27N5O2/c1-16-5-6-17(14-24-16)20(28)27-11-7-19-22(9-13-27,8-12-26(19)2)21(29)25-18-4-3-10-23-15-18/h3-6,10,14-15,19H,7-9,11-13H2,1-2H3,(H,25,29)/t19-,22-/m1/s1. The Morgan fingerprint density at radius 1 is 1.14 bits per heavy atom. The number of pyridine rings is 2. The summed E-state index contributed by atoms with van der Waals surface area (Å²) in [5.74, 6) is 0.0223. The Morgan fingerprint density at radius 2 is 1.97 bits per heavy atom. The Morgan fingerprint density at radius 3 is 2.69 bits per heavy atom. The average Bonchev–Trinajstić information content (AvgIpc) is 2.93. The van der Waals surface area contributed by atoms with Crippen LogP contribution in [0.15, 0.2) is 42.9 Å². The van der Waals surface area contributed by atoms with Crippen LogP contribution in [0.25, 0.3) is 0 Å². The smallest absolute Gasteiger partial charge is 0.255 e. The van der Waals surface area contributed by atoms with Crippen molar-refractivity contribution in [2.75, 3.05) is 32.0 Å². The van der Waals surface area contributed by atoms with Gasteiger partial charge in [-0.05, 0) is 64.0 Å². The van der Waals surface area contributed by atoms with Crippen molar-refractivity contribution in [1.29, 1.82) is 0 Å². The molecule has 0 aromatic carbocycles. The van der Waals surface area contributed by atoms with Gasteiger partial charge in [0.05, 0.1) is 22.9 Å². The van der Waals surface area contributed by atoms with Crippen molar-refractivity contribution in [3.05, 3.63) is 54.1 Å². The lowest BCUT2D eigenvalue weighted by Gasteiger charge is -2.34. The molecular weight excluding hydrogens is 366 g/mol. The lowest BCUT2D eigenvalue weighted by Crippen LogP contribution is -2.46. The molecule has 7 nitrogen and oxygen atoms in total. The fraction of sp³-hybridized carbons (Fsp3) is 0.455. The Hall–Kier alpha value is -2.80. The summed E-state index contributed by atoms with van der Waals surface area (Å²) in [5.41, 5.74) is 1.71. The molecule has 0 radical (unpaired) electrons. The number of aromatic nitrogens is 2. The first-order valence-corrected chi connectivity index (χ1v) is 10.1. The highest BCUT2D eigenvalue weighted by molar-refractivity contribution is 5.97. The highest BCUT2D eigenvalue weighted by atomic mass is 16.2. The van der Waals surface area contributed by atoms with Crippen molar-refractivity contribution in [3.63, 3.8) is 0 Å². The van der Waals surface area contributed by atoms with E-state index in [-0.39, 0.29) is 17.9 Å². The second kappa shape index (κ2) is 7.91. The van der Waals surface area contributed by atoms with Crippen LogP contribution < -0.4 is 5.32 Å². The van der Waals surface area contributed by atoms with Crippen molar-refractivity contribution in [2.24, 2.45) is 5.41 Å². The first kappa shape index (κ1) is 19.5. The normalized spacial score (nSPS) is 24.6. The summed E-state index contributed by atoms with van der Waals surface area (Å²) in [5, 5.41) is 3.06. The van der Waals surface area contributed by atoms with Gasteiger partial charge in [-0.25, -0.2) is 0 Å². The van der Waals surface area contributed by atoms with E-state index < -0.39 is 5.41 Å². The summed E-state index contributed by atoms with van der Waals surface area (Å²) < 4.78 is 0. The molecule has 0 spiro atoms. The van der Waals surface area contributed by atoms with Gasteiger partial charge in [0.15, 0.2) is 0 Å². The first-order chi connectivity index (χ1) is 14.0. The maximum absolute atomic E-state index is 13.4. The van der Waals surface area contributed by atoms with Crippen LogP contribution in [-0.4, -0.2) is 64.3 Å². The summed E-state index contributed by atoms with van der Waals surface area (Å²) in [6, 6.07) is 7.47. The third kappa shape index (κ3) is 3.74. The zero-order chi connectivity index (χ0) is 20.4. The third-order valence-electron chi connectivity index (χ3n) is 6.40. The number of hydrogen-bond donors (Lipinski definition) is 1. The molecular formula is C22H27N5O2. The third-order valence-corrected chi connectivity index (χ3v) is 6.40. The number of likely N-dealkylation sites (tertiary alicyclic amines) is 2. The van der Waals surface area contributed by atoms with Crippen molar-refractivity contribution in [3.8, 4) is 0 Å². The largest absolute Gasteiger partial charge is 0.339 e. The van der Waals surface area contributed by atoms with Gasteiger partial charge in [-0.2, -0.15) is 0 Å². The number of hydrogen-bond acceptors (Lipinski definition) is 5. The average molecular weight is 393 g/mol. The van der Waals surface area contributed by atoms with Gasteiger partial charge in [0.1, 0.15) is 0 Å². The molecule has 0 unspecified atom stereocenters. The minimum atomic E-state index is -0.495. The number of carbonyl (C=O) groups is 2. The SMILES string of the molecule is Cc1ccc(C(=O)N2CC[C@H]3N(C)CC[C@@]3(C(=O)Nc3cccnc3)CC2)cn1. The van der Waals surface area contributed by atoms with E-state index in [0.717, 1.165) is 25.1 Å². The molecule has 0 aliphatic carbocycles. The number of anilines is 1. The molecule has 2 atom stereocenters. The summed E-state index contributed by atoms with van der Waals surface area (Å²) in [6.07, 6.45) is 7.23. The Balaban J connectivity index is 1.54. The van der Waals surface area contributed by atoms with Gasteiger partial charge in [-0.1, -0.05) is 0 Å². The van der Waals surface area contributed by atoms with Gasteiger partial charge in [-0.3, -0.25) is 19.6 Å². The van der Waals surface area contributed by atoms with Crippen molar-refractivity contribution in [1.82, 2.24) is 19.8 Å². The molecule has 2 amide bonds. The number of fused-ring (bicyclic) bond motifs is 1.